The number of carbonyl (C=O) groups is 2. The Morgan fingerprint density at radius 2 is 1.67 bits per heavy atom. The van der Waals surface area contributed by atoms with Gasteiger partial charge in [0.15, 0.2) is 0 Å². The quantitative estimate of drug-likeness (QED) is 0.772. The minimum absolute atomic E-state index is 0.0595. The van der Waals surface area contributed by atoms with Crippen molar-refractivity contribution in [2.45, 2.75) is 32.1 Å². The molecule has 1 aromatic carbocycles. The number of phenols is 1. The first-order chi connectivity index (χ1) is 8.62. The van der Waals surface area contributed by atoms with Crippen LogP contribution in [-0.2, 0) is 9.59 Å². The highest BCUT2D eigenvalue weighted by Gasteiger charge is 2.52. The Morgan fingerprint density at radius 1 is 1.06 bits per heavy atom. The number of carbonyl (C=O) groups excluding carboxylic acids is 2. The number of imide groups is 1. The molecule has 0 radical (unpaired) electrons. The number of rotatable bonds is 1. The summed E-state index contributed by atoms with van der Waals surface area (Å²) in [7, 11) is 0. The molecule has 0 aromatic heterocycles. The molecule has 1 aliphatic carbocycles. The number of nitrogens with zero attached hydrogens (tertiary/aromatic N) is 1. The van der Waals surface area contributed by atoms with Gasteiger partial charge in [0.1, 0.15) is 5.75 Å². The molecule has 1 aliphatic heterocycles. The van der Waals surface area contributed by atoms with Crippen molar-refractivity contribution in [1.29, 1.82) is 0 Å². The zero-order valence-corrected chi connectivity index (χ0v) is 10.1. The third-order valence-electron chi connectivity index (χ3n) is 4.06. The molecule has 94 valence electrons. The number of phenolic OH excluding ortho intramolecular Hbond substituents is 1. The van der Waals surface area contributed by atoms with Gasteiger partial charge in [0, 0.05) is 6.42 Å². The van der Waals surface area contributed by atoms with E-state index in [1.165, 1.54) is 17.0 Å². The molecule has 4 heteroatoms. The monoisotopic (exact) mass is 245 g/mol. The van der Waals surface area contributed by atoms with Gasteiger partial charge >= 0.3 is 0 Å². The van der Waals surface area contributed by atoms with Crippen LogP contribution in [0, 0.1) is 5.41 Å². The number of hydrogen-bond acceptors (Lipinski definition) is 3. The summed E-state index contributed by atoms with van der Waals surface area (Å²) in [6.07, 6.45) is 4.05. The van der Waals surface area contributed by atoms with Gasteiger partial charge in [-0.2, -0.15) is 0 Å². The van der Waals surface area contributed by atoms with Crippen LogP contribution in [0.3, 0.4) is 0 Å². The van der Waals surface area contributed by atoms with Crippen LogP contribution in [-0.4, -0.2) is 16.9 Å². The summed E-state index contributed by atoms with van der Waals surface area (Å²) in [6.45, 7) is 0. The summed E-state index contributed by atoms with van der Waals surface area (Å²) in [6, 6.07) is 6.21. The van der Waals surface area contributed by atoms with E-state index in [4.69, 9.17) is 0 Å². The molecule has 2 amide bonds. The number of benzene rings is 1. The van der Waals surface area contributed by atoms with Crippen LogP contribution < -0.4 is 4.90 Å². The normalized spacial score (nSPS) is 22.1. The van der Waals surface area contributed by atoms with E-state index in [1.54, 1.807) is 12.1 Å². The van der Waals surface area contributed by atoms with E-state index in [2.05, 4.69) is 0 Å². The minimum atomic E-state index is -0.436. The highest BCUT2D eigenvalue weighted by atomic mass is 16.3. The Balaban J connectivity index is 1.95. The van der Waals surface area contributed by atoms with Crippen molar-refractivity contribution >= 4 is 17.5 Å². The Bertz CT molecular complexity index is 500. The average molecular weight is 245 g/mol. The molecule has 1 N–H and O–H groups in total. The van der Waals surface area contributed by atoms with Crippen molar-refractivity contribution in [2.24, 2.45) is 5.41 Å². The first-order valence-electron chi connectivity index (χ1n) is 6.29. The van der Waals surface area contributed by atoms with E-state index >= 15 is 0 Å². The Morgan fingerprint density at radius 3 is 2.28 bits per heavy atom. The van der Waals surface area contributed by atoms with Crippen LogP contribution in [0.1, 0.15) is 32.1 Å². The summed E-state index contributed by atoms with van der Waals surface area (Å²) in [5.41, 5.74) is 0.126. The van der Waals surface area contributed by atoms with Crippen molar-refractivity contribution in [1.82, 2.24) is 0 Å². The molecule has 1 saturated heterocycles. The zero-order chi connectivity index (χ0) is 12.8. The fraction of sp³-hybridized carbons (Fsp3) is 0.429. The van der Waals surface area contributed by atoms with Crippen molar-refractivity contribution < 1.29 is 14.7 Å². The van der Waals surface area contributed by atoms with Gasteiger partial charge < -0.3 is 5.11 Å². The molecule has 1 heterocycles. The SMILES string of the molecule is O=C1CC2(CCCC2)C(=O)N1c1ccc(O)cc1. The van der Waals surface area contributed by atoms with E-state index in [0.717, 1.165) is 25.7 Å². The molecule has 18 heavy (non-hydrogen) atoms. The Hall–Kier alpha value is -1.84. The third kappa shape index (κ3) is 1.52. The van der Waals surface area contributed by atoms with Crippen molar-refractivity contribution in [2.75, 3.05) is 4.90 Å². The van der Waals surface area contributed by atoms with Crippen LogP contribution in [0.5, 0.6) is 5.75 Å². The van der Waals surface area contributed by atoms with Crippen LogP contribution in [0.4, 0.5) is 5.69 Å². The highest BCUT2D eigenvalue weighted by Crippen LogP contribution is 2.47. The lowest BCUT2D eigenvalue weighted by atomic mass is 9.84. The van der Waals surface area contributed by atoms with Crippen molar-refractivity contribution in [3.05, 3.63) is 24.3 Å². The Labute approximate surface area is 105 Å². The van der Waals surface area contributed by atoms with Gasteiger partial charge in [-0.25, -0.2) is 0 Å². The second-order valence-corrected chi connectivity index (χ2v) is 5.21. The fourth-order valence-corrected chi connectivity index (χ4v) is 3.10. The number of aromatic hydroxyl groups is 1. The number of anilines is 1. The summed E-state index contributed by atoms with van der Waals surface area (Å²) < 4.78 is 0. The molecular weight excluding hydrogens is 230 g/mol. The van der Waals surface area contributed by atoms with Gasteiger partial charge in [-0.15, -0.1) is 0 Å². The molecule has 1 spiro atoms. The second kappa shape index (κ2) is 3.83. The van der Waals surface area contributed by atoms with Gasteiger partial charge in [0.25, 0.3) is 0 Å². The third-order valence-corrected chi connectivity index (χ3v) is 4.06. The van der Waals surface area contributed by atoms with Gasteiger partial charge in [0.2, 0.25) is 11.8 Å². The summed E-state index contributed by atoms with van der Waals surface area (Å²) in [4.78, 5) is 25.8. The standard InChI is InChI=1S/C14H15NO3/c16-11-5-3-10(4-6-11)15-12(17)9-14(13(15)18)7-1-2-8-14/h3-6,16H,1-2,7-9H2. The van der Waals surface area contributed by atoms with Crippen LogP contribution in [0.25, 0.3) is 0 Å². The maximum absolute atomic E-state index is 12.5. The first-order valence-corrected chi connectivity index (χ1v) is 6.29. The topological polar surface area (TPSA) is 57.6 Å². The number of amides is 2. The van der Waals surface area contributed by atoms with Gasteiger partial charge in [-0.05, 0) is 37.1 Å². The smallest absolute Gasteiger partial charge is 0.240 e. The molecule has 1 saturated carbocycles. The molecule has 2 fully saturated rings. The van der Waals surface area contributed by atoms with Gasteiger partial charge in [0.05, 0.1) is 11.1 Å². The predicted molar refractivity (Wildman–Crippen MR) is 66.1 cm³/mol. The first kappa shape index (κ1) is 11.3. The van der Waals surface area contributed by atoms with E-state index in [0.29, 0.717) is 12.1 Å². The lowest BCUT2D eigenvalue weighted by Crippen LogP contribution is -2.34. The lowest BCUT2D eigenvalue weighted by Gasteiger charge is -2.20. The van der Waals surface area contributed by atoms with Crippen LogP contribution in [0.15, 0.2) is 24.3 Å². The van der Waals surface area contributed by atoms with E-state index < -0.39 is 5.41 Å². The van der Waals surface area contributed by atoms with E-state index in [9.17, 15) is 14.7 Å². The van der Waals surface area contributed by atoms with Crippen molar-refractivity contribution in [3.63, 3.8) is 0 Å². The molecule has 0 bridgehead atoms. The molecule has 2 aliphatic rings. The molecule has 0 atom stereocenters. The lowest BCUT2D eigenvalue weighted by molar-refractivity contribution is -0.125. The van der Waals surface area contributed by atoms with Gasteiger partial charge in [-0.1, -0.05) is 12.8 Å². The maximum Gasteiger partial charge on any atom is 0.240 e. The fourth-order valence-electron chi connectivity index (χ4n) is 3.10. The highest BCUT2D eigenvalue weighted by molar-refractivity contribution is 6.22. The molecule has 4 nitrogen and oxygen atoms in total. The number of hydrogen-bond donors (Lipinski definition) is 1. The predicted octanol–water partition coefficient (Wildman–Crippen LogP) is 2.22. The molecule has 0 unspecified atom stereocenters. The summed E-state index contributed by atoms with van der Waals surface area (Å²) >= 11 is 0. The minimum Gasteiger partial charge on any atom is -0.508 e. The molecular formula is C14H15NO3. The summed E-state index contributed by atoms with van der Waals surface area (Å²) in [5, 5.41) is 9.25. The van der Waals surface area contributed by atoms with E-state index in [1.807, 2.05) is 0 Å². The second-order valence-electron chi connectivity index (χ2n) is 5.21. The average Bonchev–Trinajstić information content (AvgIpc) is 2.89. The van der Waals surface area contributed by atoms with Crippen LogP contribution >= 0.6 is 0 Å². The Kier molecular flexibility index (Phi) is 2.40. The maximum atomic E-state index is 12.5. The van der Waals surface area contributed by atoms with E-state index in [-0.39, 0.29) is 17.6 Å². The summed E-state index contributed by atoms with van der Waals surface area (Å²) in [5.74, 6) is -0.0447. The molecule has 1 aromatic rings. The zero-order valence-electron chi connectivity index (χ0n) is 10.1. The largest absolute Gasteiger partial charge is 0.508 e. The molecule has 3 rings (SSSR count). The van der Waals surface area contributed by atoms with Crippen LogP contribution in [0.2, 0.25) is 0 Å². The van der Waals surface area contributed by atoms with Gasteiger partial charge in [-0.3, -0.25) is 14.5 Å². The van der Waals surface area contributed by atoms with Crippen molar-refractivity contribution in [3.8, 4) is 5.75 Å².